The van der Waals surface area contributed by atoms with Crippen LogP contribution in [0.15, 0.2) is 12.7 Å². The Kier molecular flexibility index (Phi) is 5.15. The smallest absolute Gasteiger partial charge is 0.320 e. The molecule has 102 valence electrons. The summed E-state index contributed by atoms with van der Waals surface area (Å²) in [6, 6.07) is -0.680. The fourth-order valence-electron chi connectivity index (χ4n) is 1.81. The van der Waals surface area contributed by atoms with Crippen molar-refractivity contribution in [1.29, 1.82) is 0 Å². The molecule has 0 aromatic rings. The summed E-state index contributed by atoms with van der Waals surface area (Å²) < 4.78 is 0. The standard InChI is InChI=1S/C12H21N3O3/c1-4-9(2)13-12(18)15-7-5-14(6-8-15)10(3)11(16)17/h4,9-10H,1,5-8H2,2-3H3,(H,13,18)(H,16,17). The molecule has 2 atom stereocenters. The maximum absolute atomic E-state index is 11.8. The molecule has 1 aliphatic rings. The minimum absolute atomic E-state index is 0.0616. The zero-order chi connectivity index (χ0) is 13.7. The van der Waals surface area contributed by atoms with Gasteiger partial charge in [0.15, 0.2) is 0 Å². The summed E-state index contributed by atoms with van der Waals surface area (Å²) in [6.45, 7) is 9.40. The van der Waals surface area contributed by atoms with Crippen LogP contribution in [0.2, 0.25) is 0 Å². The van der Waals surface area contributed by atoms with E-state index in [1.54, 1.807) is 17.9 Å². The van der Waals surface area contributed by atoms with Crippen LogP contribution >= 0.6 is 0 Å². The molecule has 0 aromatic heterocycles. The monoisotopic (exact) mass is 255 g/mol. The second-order valence-electron chi connectivity index (χ2n) is 4.51. The predicted molar refractivity (Wildman–Crippen MR) is 68.4 cm³/mol. The van der Waals surface area contributed by atoms with Gasteiger partial charge in [-0.25, -0.2) is 4.79 Å². The SMILES string of the molecule is C=CC(C)NC(=O)N1CCN(C(C)C(=O)O)CC1. The van der Waals surface area contributed by atoms with E-state index in [1.165, 1.54) is 0 Å². The molecular weight excluding hydrogens is 234 g/mol. The van der Waals surface area contributed by atoms with Crippen LogP contribution in [0.5, 0.6) is 0 Å². The molecule has 2 unspecified atom stereocenters. The van der Waals surface area contributed by atoms with E-state index in [1.807, 2.05) is 11.8 Å². The summed E-state index contributed by atoms with van der Waals surface area (Å²) in [5, 5.41) is 11.7. The van der Waals surface area contributed by atoms with Gasteiger partial charge in [0.25, 0.3) is 0 Å². The van der Waals surface area contributed by atoms with Crippen molar-refractivity contribution >= 4 is 12.0 Å². The minimum atomic E-state index is -0.826. The van der Waals surface area contributed by atoms with Crippen molar-refractivity contribution in [2.75, 3.05) is 26.2 Å². The van der Waals surface area contributed by atoms with E-state index in [0.717, 1.165) is 0 Å². The quantitative estimate of drug-likeness (QED) is 0.711. The van der Waals surface area contributed by atoms with Crippen LogP contribution in [0, 0.1) is 0 Å². The highest BCUT2D eigenvalue weighted by molar-refractivity contribution is 5.75. The Hall–Kier alpha value is -1.56. The normalized spacial score (nSPS) is 20.0. The highest BCUT2D eigenvalue weighted by Gasteiger charge is 2.27. The van der Waals surface area contributed by atoms with Crippen molar-refractivity contribution in [2.24, 2.45) is 0 Å². The third kappa shape index (κ3) is 3.73. The number of carboxylic acid groups (broad SMARTS) is 1. The van der Waals surface area contributed by atoms with Crippen LogP contribution < -0.4 is 5.32 Å². The van der Waals surface area contributed by atoms with Crippen LogP contribution in [-0.4, -0.2) is 65.2 Å². The van der Waals surface area contributed by atoms with E-state index < -0.39 is 12.0 Å². The van der Waals surface area contributed by atoms with Gasteiger partial charge in [0.2, 0.25) is 0 Å². The Balaban J connectivity index is 2.41. The van der Waals surface area contributed by atoms with Gasteiger partial charge in [0.05, 0.1) is 0 Å². The highest BCUT2D eigenvalue weighted by Crippen LogP contribution is 2.07. The van der Waals surface area contributed by atoms with Gasteiger partial charge in [-0.15, -0.1) is 6.58 Å². The summed E-state index contributed by atoms with van der Waals surface area (Å²) in [6.07, 6.45) is 1.67. The molecule has 0 aliphatic carbocycles. The first-order valence-corrected chi connectivity index (χ1v) is 6.10. The highest BCUT2D eigenvalue weighted by atomic mass is 16.4. The van der Waals surface area contributed by atoms with Gasteiger partial charge in [0, 0.05) is 32.2 Å². The number of urea groups is 1. The minimum Gasteiger partial charge on any atom is -0.480 e. The van der Waals surface area contributed by atoms with Gasteiger partial charge in [-0.1, -0.05) is 6.08 Å². The molecule has 0 saturated carbocycles. The first kappa shape index (κ1) is 14.5. The number of aliphatic carboxylic acids is 1. The molecule has 1 aliphatic heterocycles. The Morgan fingerprint density at radius 2 is 1.83 bits per heavy atom. The number of hydrogen-bond donors (Lipinski definition) is 2. The van der Waals surface area contributed by atoms with Crippen LogP contribution in [-0.2, 0) is 4.79 Å². The molecule has 0 aromatic carbocycles. The summed E-state index contributed by atoms with van der Waals surface area (Å²) in [4.78, 5) is 26.2. The Labute approximate surface area is 107 Å². The van der Waals surface area contributed by atoms with Crippen LogP contribution in [0.3, 0.4) is 0 Å². The van der Waals surface area contributed by atoms with Crippen LogP contribution in [0.25, 0.3) is 0 Å². The van der Waals surface area contributed by atoms with E-state index in [0.29, 0.717) is 26.2 Å². The fourth-order valence-corrected chi connectivity index (χ4v) is 1.81. The number of nitrogens with zero attached hydrogens (tertiary/aromatic N) is 2. The summed E-state index contributed by atoms with van der Waals surface area (Å²) in [5.74, 6) is -0.826. The second-order valence-corrected chi connectivity index (χ2v) is 4.51. The number of amides is 2. The van der Waals surface area contributed by atoms with Crippen molar-refractivity contribution < 1.29 is 14.7 Å². The van der Waals surface area contributed by atoms with Gasteiger partial charge in [-0.05, 0) is 13.8 Å². The predicted octanol–water partition coefficient (Wildman–Crippen LogP) is 0.361. The lowest BCUT2D eigenvalue weighted by atomic mass is 10.2. The number of carbonyl (C=O) groups excluding carboxylic acids is 1. The van der Waals surface area contributed by atoms with E-state index in [-0.39, 0.29) is 12.1 Å². The Morgan fingerprint density at radius 3 is 2.28 bits per heavy atom. The van der Waals surface area contributed by atoms with E-state index in [9.17, 15) is 9.59 Å². The van der Waals surface area contributed by atoms with E-state index in [4.69, 9.17) is 5.11 Å². The van der Waals surface area contributed by atoms with Crippen LogP contribution in [0.1, 0.15) is 13.8 Å². The third-order valence-electron chi connectivity index (χ3n) is 3.21. The summed E-state index contributed by atoms with van der Waals surface area (Å²) in [5.41, 5.74) is 0. The number of nitrogens with one attached hydrogen (secondary N) is 1. The zero-order valence-electron chi connectivity index (χ0n) is 10.9. The first-order chi connectivity index (χ1) is 8.45. The van der Waals surface area contributed by atoms with Crippen LogP contribution in [0.4, 0.5) is 4.79 Å². The number of hydrogen-bond acceptors (Lipinski definition) is 3. The Morgan fingerprint density at radius 1 is 1.28 bits per heavy atom. The molecule has 1 fully saturated rings. The molecular formula is C12H21N3O3. The van der Waals surface area contributed by atoms with Gasteiger partial charge in [-0.2, -0.15) is 0 Å². The topological polar surface area (TPSA) is 72.9 Å². The van der Waals surface area contributed by atoms with E-state index in [2.05, 4.69) is 11.9 Å². The lowest BCUT2D eigenvalue weighted by molar-refractivity contribution is -0.143. The maximum atomic E-state index is 11.8. The number of carbonyl (C=O) groups is 2. The van der Waals surface area contributed by atoms with Gasteiger partial charge in [0.1, 0.15) is 6.04 Å². The van der Waals surface area contributed by atoms with Gasteiger partial charge >= 0.3 is 12.0 Å². The zero-order valence-corrected chi connectivity index (χ0v) is 10.9. The lowest BCUT2D eigenvalue weighted by Gasteiger charge is -2.36. The van der Waals surface area contributed by atoms with Crippen molar-refractivity contribution in [1.82, 2.24) is 15.1 Å². The van der Waals surface area contributed by atoms with Gasteiger partial charge < -0.3 is 15.3 Å². The molecule has 6 nitrogen and oxygen atoms in total. The van der Waals surface area contributed by atoms with Crippen molar-refractivity contribution in [3.63, 3.8) is 0 Å². The second kappa shape index (κ2) is 6.39. The average Bonchev–Trinajstić information content (AvgIpc) is 2.37. The molecule has 1 saturated heterocycles. The summed E-state index contributed by atoms with van der Waals surface area (Å²) >= 11 is 0. The molecule has 0 bridgehead atoms. The number of rotatable bonds is 4. The van der Waals surface area contributed by atoms with Gasteiger partial charge in [-0.3, -0.25) is 9.69 Å². The molecule has 1 rings (SSSR count). The third-order valence-corrected chi connectivity index (χ3v) is 3.21. The molecule has 1 heterocycles. The molecule has 2 amide bonds. The first-order valence-electron chi connectivity index (χ1n) is 6.10. The molecule has 0 radical (unpaired) electrons. The number of carboxylic acids is 1. The maximum Gasteiger partial charge on any atom is 0.320 e. The molecule has 0 spiro atoms. The molecule has 18 heavy (non-hydrogen) atoms. The van der Waals surface area contributed by atoms with Crippen molar-refractivity contribution in [3.8, 4) is 0 Å². The Bertz CT molecular complexity index is 325. The number of piperazine rings is 1. The largest absolute Gasteiger partial charge is 0.480 e. The fraction of sp³-hybridized carbons (Fsp3) is 0.667. The summed E-state index contributed by atoms with van der Waals surface area (Å²) in [7, 11) is 0. The average molecular weight is 255 g/mol. The lowest BCUT2D eigenvalue weighted by Crippen LogP contribution is -2.55. The van der Waals surface area contributed by atoms with Crippen molar-refractivity contribution in [2.45, 2.75) is 25.9 Å². The molecule has 6 heteroatoms. The molecule has 2 N–H and O–H groups in total. The van der Waals surface area contributed by atoms with E-state index >= 15 is 0 Å². The van der Waals surface area contributed by atoms with Crippen molar-refractivity contribution in [3.05, 3.63) is 12.7 Å².